The van der Waals surface area contributed by atoms with Gasteiger partial charge >= 0.3 is 0 Å². The van der Waals surface area contributed by atoms with E-state index in [4.69, 9.17) is 21.3 Å². The number of rotatable bonds is 7. The Morgan fingerprint density at radius 1 is 1.22 bits per heavy atom. The summed E-state index contributed by atoms with van der Waals surface area (Å²) in [6.07, 6.45) is -1.69. The number of aromatic nitrogens is 3. The van der Waals surface area contributed by atoms with E-state index in [1.54, 1.807) is 19.0 Å². The van der Waals surface area contributed by atoms with Crippen LogP contribution in [0.25, 0.3) is 20.8 Å². The third kappa shape index (κ3) is 4.33. The van der Waals surface area contributed by atoms with E-state index in [-0.39, 0.29) is 11.8 Å². The van der Waals surface area contributed by atoms with Gasteiger partial charge in [0.15, 0.2) is 0 Å². The van der Waals surface area contributed by atoms with Crippen LogP contribution in [0.4, 0.5) is 11.8 Å². The lowest BCUT2D eigenvalue weighted by molar-refractivity contribution is 0.00446. The first-order valence-corrected chi connectivity index (χ1v) is 11.5. The molecule has 2 aromatic heterocycles. The molecule has 11 heteroatoms. The highest BCUT2D eigenvalue weighted by atomic mass is 35.5. The molecule has 9 nitrogen and oxygen atoms in total. The Kier molecular flexibility index (Phi) is 6.68. The molecule has 172 valence electrons. The van der Waals surface area contributed by atoms with Gasteiger partial charge in [-0.1, -0.05) is 11.6 Å². The second kappa shape index (κ2) is 9.32. The first kappa shape index (κ1) is 22.9. The largest absolute Gasteiger partial charge is 0.494 e. The molecule has 1 aromatic carbocycles. The van der Waals surface area contributed by atoms with E-state index in [1.165, 1.54) is 11.3 Å². The number of hydrogen-bond donors (Lipinski definition) is 4. The molecule has 4 N–H and O–H groups in total. The van der Waals surface area contributed by atoms with Gasteiger partial charge < -0.3 is 30.3 Å². The van der Waals surface area contributed by atoms with Crippen LogP contribution in [0.5, 0.6) is 5.75 Å². The molecule has 1 aliphatic carbocycles. The molecule has 0 bridgehead atoms. The van der Waals surface area contributed by atoms with Gasteiger partial charge in [-0.3, -0.25) is 0 Å². The lowest BCUT2D eigenvalue weighted by atomic mass is 10.1. The molecule has 32 heavy (non-hydrogen) atoms. The van der Waals surface area contributed by atoms with Gasteiger partial charge in [-0.15, -0.1) is 11.3 Å². The summed E-state index contributed by atoms with van der Waals surface area (Å²) in [5.74, 6) is 1.15. The zero-order valence-electron chi connectivity index (χ0n) is 18.0. The van der Waals surface area contributed by atoms with E-state index < -0.39 is 24.2 Å². The van der Waals surface area contributed by atoms with Gasteiger partial charge in [0.05, 0.1) is 34.5 Å². The van der Waals surface area contributed by atoms with Crippen molar-refractivity contribution in [3.05, 3.63) is 23.4 Å². The second-order valence-corrected chi connectivity index (χ2v) is 9.31. The third-order valence-electron chi connectivity index (χ3n) is 5.50. The lowest BCUT2D eigenvalue weighted by Crippen LogP contribution is -2.35. The van der Waals surface area contributed by atoms with Crippen molar-refractivity contribution < 1.29 is 20.1 Å². The van der Waals surface area contributed by atoms with Crippen LogP contribution >= 0.6 is 22.9 Å². The maximum atomic E-state index is 10.5. The summed E-state index contributed by atoms with van der Waals surface area (Å²) in [5.41, 5.74) is 1.31. The van der Waals surface area contributed by atoms with Gasteiger partial charge in [-0.25, -0.2) is 9.97 Å². The zero-order chi connectivity index (χ0) is 23.0. The predicted octanol–water partition coefficient (Wildman–Crippen LogP) is 2.39. The van der Waals surface area contributed by atoms with E-state index in [2.05, 4.69) is 15.3 Å². The smallest absolute Gasteiger partial charge is 0.228 e. The topological polar surface area (TPSA) is 124 Å². The molecule has 1 saturated carbocycles. The Hall–Kier alpha value is -2.24. The number of ether oxygens (including phenoxy) is 1. The molecule has 0 saturated heterocycles. The molecular formula is C21H26ClN5O4S. The Labute approximate surface area is 194 Å². The average molecular weight is 480 g/mol. The third-order valence-corrected chi connectivity index (χ3v) is 6.81. The van der Waals surface area contributed by atoms with Gasteiger partial charge in [-0.05, 0) is 31.5 Å². The van der Waals surface area contributed by atoms with Crippen molar-refractivity contribution in [2.45, 2.75) is 31.6 Å². The minimum Gasteiger partial charge on any atom is -0.494 e. The van der Waals surface area contributed by atoms with Crippen LogP contribution in [0.2, 0.25) is 5.15 Å². The monoisotopic (exact) mass is 479 g/mol. The maximum absolute atomic E-state index is 10.5. The summed E-state index contributed by atoms with van der Waals surface area (Å²) >= 11 is 8.04. The summed E-state index contributed by atoms with van der Waals surface area (Å²) < 4.78 is 6.52. The highest BCUT2D eigenvalue weighted by Gasteiger charge is 2.41. The Bertz CT molecular complexity index is 1110. The number of benzene rings is 1. The molecule has 0 amide bonds. The van der Waals surface area contributed by atoms with E-state index in [0.717, 1.165) is 16.0 Å². The molecule has 1 aliphatic rings. The fourth-order valence-electron chi connectivity index (χ4n) is 3.81. The van der Waals surface area contributed by atoms with E-state index in [0.29, 0.717) is 35.4 Å². The minimum absolute atomic E-state index is 0.212. The number of hydrogen-bond acceptors (Lipinski definition) is 10. The van der Waals surface area contributed by atoms with E-state index in [1.807, 2.05) is 25.1 Å². The number of aliphatic hydroxyl groups excluding tert-OH is 3. The molecule has 0 unspecified atom stereocenters. The van der Waals surface area contributed by atoms with Crippen LogP contribution in [0, 0.1) is 5.92 Å². The van der Waals surface area contributed by atoms with Crippen molar-refractivity contribution in [3.63, 3.8) is 0 Å². The normalized spacial score (nSPS) is 23.0. The summed E-state index contributed by atoms with van der Waals surface area (Å²) in [4.78, 5) is 15.4. The number of thiazole rings is 1. The van der Waals surface area contributed by atoms with Crippen LogP contribution in [0.15, 0.2) is 18.2 Å². The van der Waals surface area contributed by atoms with Crippen molar-refractivity contribution >= 4 is 44.9 Å². The number of halogens is 1. The zero-order valence-corrected chi connectivity index (χ0v) is 19.6. The van der Waals surface area contributed by atoms with Crippen molar-refractivity contribution in [2.24, 2.45) is 5.92 Å². The van der Waals surface area contributed by atoms with Gasteiger partial charge in [-0.2, -0.15) is 4.98 Å². The number of fused-ring (bicyclic) bond motifs is 1. The average Bonchev–Trinajstić information content (AvgIpc) is 3.29. The number of aliphatic hydroxyl groups is 3. The first-order valence-electron chi connectivity index (χ1n) is 10.3. The molecule has 3 aromatic rings. The minimum atomic E-state index is -1.05. The van der Waals surface area contributed by atoms with Gasteiger partial charge in [0.2, 0.25) is 5.95 Å². The van der Waals surface area contributed by atoms with Gasteiger partial charge in [0.1, 0.15) is 27.8 Å². The lowest BCUT2D eigenvalue weighted by Gasteiger charge is -2.21. The van der Waals surface area contributed by atoms with Crippen LogP contribution in [-0.4, -0.2) is 75.8 Å². The Morgan fingerprint density at radius 3 is 2.66 bits per heavy atom. The quantitative estimate of drug-likeness (QED) is 0.378. The fourth-order valence-corrected chi connectivity index (χ4v) is 5.16. The number of nitrogens with one attached hydrogen (secondary N) is 1. The highest BCUT2D eigenvalue weighted by Crippen LogP contribution is 2.40. The highest BCUT2D eigenvalue weighted by molar-refractivity contribution is 7.21. The van der Waals surface area contributed by atoms with Gasteiger partial charge in [0.25, 0.3) is 0 Å². The van der Waals surface area contributed by atoms with Gasteiger partial charge in [0, 0.05) is 26.6 Å². The second-order valence-electron chi connectivity index (χ2n) is 7.92. The molecular weight excluding hydrogens is 454 g/mol. The summed E-state index contributed by atoms with van der Waals surface area (Å²) in [6.45, 7) is 2.29. The number of anilines is 2. The van der Waals surface area contributed by atoms with Crippen molar-refractivity contribution in [1.82, 2.24) is 15.0 Å². The van der Waals surface area contributed by atoms with Crippen LogP contribution in [0.3, 0.4) is 0 Å². The van der Waals surface area contributed by atoms with Crippen molar-refractivity contribution in [1.29, 1.82) is 0 Å². The van der Waals surface area contributed by atoms with Crippen LogP contribution in [-0.2, 0) is 0 Å². The molecule has 0 aliphatic heterocycles. The molecule has 4 rings (SSSR count). The fraction of sp³-hybridized carbons (Fsp3) is 0.476. The van der Waals surface area contributed by atoms with E-state index >= 15 is 0 Å². The van der Waals surface area contributed by atoms with Crippen LogP contribution < -0.4 is 15.0 Å². The van der Waals surface area contributed by atoms with Crippen LogP contribution in [0.1, 0.15) is 13.3 Å². The van der Waals surface area contributed by atoms with E-state index in [9.17, 15) is 15.3 Å². The number of nitrogens with zero attached hydrogens (tertiary/aromatic N) is 4. The summed E-state index contributed by atoms with van der Waals surface area (Å²) in [5, 5.41) is 34.3. The Morgan fingerprint density at radius 2 is 2.00 bits per heavy atom. The maximum Gasteiger partial charge on any atom is 0.228 e. The standard InChI is InChI=1S/C21H26ClN5O4S/c1-4-31-11-5-6-12-14(8-11)32-20(24-12)15-18(22)25-21(27(2)3)26-19(15)23-13-7-10(9-28)16(29)17(13)30/h5-6,8,10,13,16-17,28-30H,4,7,9H2,1-3H3,(H,23,25,26)/t10-,13-,16-,17+/m1/s1. The summed E-state index contributed by atoms with van der Waals surface area (Å²) in [6, 6.07) is 5.17. The van der Waals surface area contributed by atoms with Crippen molar-refractivity contribution in [2.75, 3.05) is 37.5 Å². The molecule has 2 heterocycles. The first-order chi connectivity index (χ1) is 15.3. The SMILES string of the molecule is CCOc1ccc2nc(-c3c(Cl)nc(N(C)C)nc3N[C@@H]3C[C@H](CO)[C@@H](O)[C@H]3O)sc2c1. The predicted molar refractivity (Wildman–Crippen MR) is 126 cm³/mol. The molecule has 1 fully saturated rings. The molecule has 4 atom stereocenters. The Balaban J connectivity index is 1.77. The summed E-state index contributed by atoms with van der Waals surface area (Å²) in [7, 11) is 3.61. The molecule has 0 radical (unpaired) electrons. The molecule has 0 spiro atoms. The van der Waals surface area contributed by atoms with Crippen molar-refractivity contribution in [3.8, 4) is 16.3 Å².